The van der Waals surface area contributed by atoms with Crippen molar-refractivity contribution in [1.29, 1.82) is 0 Å². The molecule has 0 aromatic rings. The molecule has 1 atom stereocenters. The first-order valence-corrected chi connectivity index (χ1v) is 10.4. The molecular weight excluding hydrogens is 300 g/mol. The molecule has 0 aliphatic carbocycles. The molecule has 0 spiro atoms. The molecule has 0 rings (SSSR count). The van der Waals surface area contributed by atoms with E-state index in [0.29, 0.717) is 12.3 Å². The van der Waals surface area contributed by atoms with Gasteiger partial charge in [0.1, 0.15) is 0 Å². The van der Waals surface area contributed by atoms with Gasteiger partial charge in [-0.2, -0.15) is 8.42 Å². The highest BCUT2D eigenvalue weighted by Crippen LogP contribution is 2.17. The second-order valence-corrected chi connectivity index (χ2v) is 7.56. The molecule has 1 unspecified atom stereocenters. The van der Waals surface area contributed by atoms with Crippen molar-refractivity contribution in [3.8, 4) is 0 Å². The first-order valence-electron chi connectivity index (χ1n) is 9.07. The largest absolute Gasteiger partial charge is 0.397 e. The lowest BCUT2D eigenvalue weighted by Gasteiger charge is -2.10. The van der Waals surface area contributed by atoms with Crippen molar-refractivity contribution in [1.82, 2.24) is 0 Å². The van der Waals surface area contributed by atoms with Gasteiger partial charge in [-0.05, 0) is 12.3 Å². The summed E-state index contributed by atoms with van der Waals surface area (Å²) in [4.78, 5) is 0. The van der Waals surface area contributed by atoms with Crippen LogP contribution in [0.25, 0.3) is 0 Å². The monoisotopic (exact) mass is 336 g/mol. The summed E-state index contributed by atoms with van der Waals surface area (Å²) in [6.45, 7) is 4.60. The Balaban J connectivity index is 3.24. The SMILES string of the molecule is CCCCCCCCCCCC(C)CCCCOS(=O)(=O)O. The van der Waals surface area contributed by atoms with Crippen LogP contribution < -0.4 is 0 Å². The molecule has 0 aliphatic heterocycles. The summed E-state index contributed by atoms with van der Waals surface area (Å²) in [7, 11) is -4.26. The highest BCUT2D eigenvalue weighted by atomic mass is 32.3. The van der Waals surface area contributed by atoms with E-state index in [4.69, 9.17) is 4.55 Å². The van der Waals surface area contributed by atoms with Crippen LogP contribution in [0, 0.1) is 5.92 Å². The van der Waals surface area contributed by atoms with Crippen molar-refractivity contribution >= 4 is 10.4 Å². The molecule has 0 saturated heterocycles. The highest BCUT2D eigenvalue weighted by Gasteiger charge is 2.05. The Hall–Kier alpha value is -0.130. The van der Waals surface area contributed by atoms with Gasteiger partial charge in [-0.3, -0.25) is 4.55 Å². The van der Waals surface area contributed by atoms with Gasteiger partial charge in [0, 0.05) is 0 Å². The second kappa shape index (κ2) is 14.5. The van der Waals surface area contributed by atoms with Gasteiger partial charge in [0.15, 0.2) is 0 Å². The van der Waals surface area contributed by atoms with Gasteiger partial charge in [-0.25, -0.2) is 4.18 Å². The van der Waals surface area contributed by atoms with E-state index < -0.39 is 10.4 Å². The lowest BCUT2D eigenvalue weighted by Crippen LogP contribution is -2.05. The van der Waals surface area contributed by atoms with Crippen molar-refractivity contribution in [3.05, 3.63) is 0 Å². The molecule has 1 N–H and O–H groups in total. The minimum absolute atomic E-state index is 0.0869. The molecule has 0 amide bonds. The molecule has 0 heterocycles. The maximum absolute atomic E-state index is 10.4. The van der Waals surface area contributed by atoms with E-state index in [-0.39, 0.29) is 6.61 Å². The van der Waals surface area contributed by atoms with E-state index in [1.165, 1.54) is 64.2 Å². The maximum atomic E-state index is 10.4. The average molecular weight is 337 g/mol. The molecule has 0 aromatic heterocycles. The maximum Gasteiger partial charge on any atom is 0.397 e. The van der Waals surface area contributed by atoms with Crippen LogP contribution in [0.5, 0.6) is 0 Å². The fourth-order valence-electron chi connectivity index (χ4n) is 2.71. The fraction of sp³-hybridized carbons (Fsp3) is 1.00. The summed E-state index contributed by atoms with van der Waals surface area (Å²) in [6.07, 6.45) is 16.3. The quantitative estimate of drug-likeness (QED) is 0.297. The standard InChI is InChI=1S/C17H36O4S/c1-3-4-5-6-7-8-9-10-11-14-17(2)15-12-13-16-21-22(18,19)20/h17H,3-16H2,1-2H3,(H,18,19,20). The van der Waals surface area contributed by atoms with Crippen molar-refractivity contribution in [2.45, 2.75) is 97.3 Å². The number of rotatable bonds is 16. The first kappa shape index (κ1) is 21.9. The van der Waals surface area contributed by atoms with Crippen molar-refractivity contribution < 1.29 is 17.2 Å². The smallest absolute Gasteiger partial charge is 0.264 e. The van der Waals surface area contributed by atoms with Gasteiger partial charge in [0.25, 0.3) is 0 Å². The van der Waals surface area contributed by atoms with Gasteiger partial charge in [0.2, 0.25) is 0 Å². The van der Waals surface area contributed by atoms with E-state index in [2.05, 4.69) is 18.0 Å². The zero-order valence-electron chi connectivity index (χ0n) is 14.6. The van der Waals surface area contributed by atoms with E-state index in [1.807, 2.05) is 0 Å². The van der Waals surface area contributed by atoms with E-state index in [0.717, 1.165) is 12.8 Å². The summed E-state index contributed by atoms with van der Waals surface area (Å²) in [5.41, 5.74) is 0. The molecular formula is C17H36O4S. The molecule has 0 bridgehead atoms. The summed E-state index contributed by atoms with van der Waals surface area (Å²) in [5.74, 6) is 0.690. The summed E-state index contributed by atoms with van der Waals surface area (Å²) in [6, 6.07) is 0. The van der Waals surface area contributed by atoms with Crippen LogP contribution in [0.15, 0.2) is 0 Å². The Bertz CT molecular complexity index is 328. The molecule has 0 saturated carbocycles. The highest BCUT2D eigenvalue weighted by molar-refractivity contribution is 7.80. The van der Waals surface area contributed by atoms with Crippen LogP contribution in [0.3, 0.4) is 0 Å². The third kappa shape index (κ3) is 17.9. The van der Waals surface area contributed by atoms with Crippen LogP contribution in [0.1, 0.15) is 97.3 Å². The number of hydrogen-bond acceptors (Lipinski definition) is 3. The summed E-state index contributed by atoms with van der Waals surface area (Å²) < 4.78 is 33.4. The minimum atomic E-state index is -4.26. The van der Waals surface area contributed by atoms with Crippen LogP contribution in [0.2, 0.25) is 0 Å². The lowest BCUT2D eigenvalue weighted by molar-refractivity contribution is 0.258. The normalized spacial score (nSPS) is 13.4. The molecule has 0 radical (unpaired) electrons. The van der Waals surface area contributed by atoms with Crippen molar-refractivity contribution in [2.24, 2.45) is 5.92 Å². The van der Waals surface area contributed by atoms with Gasteiger partial charge in [0.05, 0.1) is 6.61 Å². The summed E-state index contributed by atoms with van der Waals surface area (Å²) >= 11 is 0. The topological polar surface area (TPSA) is 63.6 Å². The van der Waals surface area contributed by atoms with Gasteiger partial charge in [-0.1, -0.05) is 90.9 Å². The molecule has 0 aromatic carbocycles. The van der Waals surface area contributed by atoms with Crippen LogP contribution >= 0.6 is 0 Å². The van der Waals surface area contributed by atoms with Crippen molar-refractivity contribution in [2.75, 3.05) is 6.61 Å². The van der Waals surface area contributed by atoms with Crippen LogP contribution in [0.4, 0.5) is 0 Å². The van der Waals surface area contributed by atoms with E-state index in [1.54, 1.807) is 0 Å². The van der Waals surface area contributed by atoms with Gasteiger partial charge < -0.3 is 0 Å². The number of unbranched alkanes of at least 4 members (excludes halogenated alkanes) is 9. The number of hydrogen-bond donors (Lipinski definition) is 1. The third-order valence-corrected chi connectivity index (χ3v) is 4.59. The first-order chi connectivity index (χ1) is 10.5. The lowest BCUT2D eigenvalue weighted by atomic mass is 9.97. The van der Waals surface area contributed by atoms with Gasteiger partial charge in [-0.15, -0.1) is 0 Å². The Morgan fingerprint density at radius 1 is 0.818 bits per heavy atom. The Morgan fingerprint density at radius 2 is 1.27 bits per heavy atom. The fourth-order valence-corrected chi connectivity index (χ4v) is 3.04. The molecule has 134 valence electrons. The zero-order chi connectivity index (χ0) is 16.7. The van der Waals surface area contributed by atoms with Crippen LogP contribution in [-0.2, 0) is 14.6 Å². The molecule has 0 aliphatic rings. The van der Waals surface area contributed by atoms with Gasteiger partial charge >= 0.3 is 10.4 Å². The van der Waals surface area contributed by atoms with E-state index >= 15 is 0 Å². The molecule has 22 heavy (non-hydrogen) atoms. The Labute approximate surface area is 138 Å². The predicted molar refractivity (Wildman–Crippen MR) is 92.4 cm³/mol. The minimum Gasteiger partial charge on any atom is -0.264 e. The van der Waals surface area contributed by atoms with Crippen LogP contribution in [-0.4, -0.2) is 19.6 Å². The summed E-state index contributed by atoms with van der Waals surface area (Å²) in [5, 5.41) is 0. The van der Waals surface area contributed by atoms with Crippen molar-refractivity contribution in [3.63, 3.8) is 0 Å². The zero-order valence-corrected chi connectivity index (χ0v) is 15.4. The molecule has 0 fully saturated rings. The van der Waals surface area contributed by atoms with E-state index in [9.17, 15) is 8.42 Å². The molecule has 4 nitrogen and oxygen atoms in total. The Morgan fingerprint density at radius 3 is 1.77 bits per heavy atom. The average Bonchev–Trinajstić information content (AvgIpc) is 2.44. The second-order valence-electron chi connectivity index (χ2n) is 6.47. The third-order valence-electron chi connectivity index (χ3n) is 4.12. The Kier molecular flexibility index (Phi) is 14.4. The predicted octanol–water partition coefficient (Wildman–Crippen LogP) is 5.53. The molecule has 5 heteroatoms.